The van der Waals surface area contributed by atoms with E-state index in [9.17, 15) is 0 Å². The third-order valence-corrected chi connectivity index (χ3v) is 5.57. The summed E-state index contributed by atoms with van der Waals surface area (Å²) in [7, 11) is 0. The maximum absolute atomic E-state index is 5.99. The van der Waals surface area contributed by atoms with Gasteiger partial charge in [-0.25, -0.2) is 4.99 Å². The van der Waals surface area contributed by atoms with Gasteiger partial charge in [-0.1, -0.05) is 24.6 Å². The molecule has 3 heterocycles. The summed E-state index contributed by atoms with van der Waals surface area (Å²) in [6.45, 7) is 5.51. The predicted octanol–water partition coefficient (Wildman–Crippen LogP) is 2.50. The van der Waals surface area contributed by atoms with Crippen LogP contribution in [0.4, 0.5) is 0 Å². The molecule has 2 aliphatic heterocycles. The number of aliphatic imine (C=N–C) groups is 1. The van der Waals surface area contributed by atoms with E-state index in [1.165, 1.54) is 24.8 Å². The summed E-state index contributed by atoms with van der Waals surface area (Å²) in [5.74, 6) is 4.14. The Labute approximate surface area is 173 Å². The van der Waals surface area contributed by atoms with Crippen molar-refractivity contribution in [2.24, 2.45) is 4.99 Å². The Hall–Kier alpha value is -2.57. The van der Waals surface area contributed by atoms with E-state index in [1.54, 1.807) is 0 Å². The van der Waals surface area contributed by atoms with Crippen LogP contribution in [0.25, 0.3) is 0 Å². The highest BCUT2D eigenvalue weighted by molar-refractivity contribution is 5.79. The predicted molar refractivity (Wildman–Crippen MR) is 114 cm³/mol. The molecule has 2 aromatic rings. The first-order valence-electron chi connectivity index (χ1n) is 11.0. The molecule has 0 amide bonds. The summed E-state index contributed by atoms with van der Waals surface area (Å²) >= 11 is 0. The molecule has 0 fully saturated rings. The first kappa shape index (κ1) is 19.7. The maximum Gasteiger partial charge on any atom is 0.191 e. The van der Waals surface area contributed by atoms with E-state index in [0.717, 1.165) is 68.7 Å². The van der Waals surface area contributed by atoms with Gasteiger partial charge in [0.15, 0.2) is 5.96 Å². The summed E-state index contributed by atoms with van der Waals surface area (Å²) in [6, 6.07) is 8.25. The molecular weight excluding hydrogens is 364 g/mol. The minimum absolute atomic E-state index is 0.120. The van der Waals surface area contributed by atoms with Crippen LogP contribution in [0.1, 0.15) is 49.8 Å². The van der Waals surface area contributed by atoms with Crippen molar-refractivity contribution in [1.29, 1.82) is 0 Å². The highest BCUT2D eigenvalue weighted by Crippen LogP contribution is 2.28. The molecule has 29 heavy (non-hydrogen) atoms. The second-order valence-electron chi connectivity index (χ2n) is 7.80. The number of nitrogens with one attached hydrogen (secondary N) is 2. The molecule has 2 N–H and O–H groups in total. The summed E-state index contributed by atoms with van der Waals surface area (Å²) in [5.41, 5.74) is 1.28. The van der Waals surface area contributed by atoms with E-state index in [2.05, 4.69) is 44.5 Å². The third kappa shape index (κ3) is 5.08. The number of hydrogen-bond donors (Lipinski definition) is 2. The molecule has 2 aliphatic rings. The Balaban J connectivity index is 1.24. The fourth-order valence-corrected chi connectivity index (χ4v) is 4.07. The minimum atomic E-state index is 0.120. The highest BCUT2D eigenvalue weighted by Gasteiger charge is 2.22. The average Bonchev–Trinajstić information content (AvgIpc) is 3.25. The lowest BCUT2D eigenvalue weighted by Gasteiger charge is -2.13. The topological polar surface area (TPSA) is 76.4 Å². The lowest BCUT2D eigenvalue weighted by Crippen LogP contribution is -2.38. The number of ether oxygens (including phenoxy) is 1. The fourth-order valence-electron chi connectivity index (χ4n) is 4.07. The van der Waals surface area contributed by atoms with Gasteiger partial charge < -0.3 is 19.9 Å². The molecule has 0 spiro atoms. The molecule has 0 radical (unpaired) electrons. The fraction of sp³-hybridized carbons (Fsp3) is 0.591. The van der Waals surface area contributed by atoms with E-state index < -0.39 is 0 Å². The molecule has 7 nitrogen and oxygen atoms in total. The van der Waals surface area contributed by atoms with Crippen LogP contribution in [-0.4, -0.2) is 46.5 Å². The normalized spacial score (nSPS) is 18.5. The molecule has 1 atom stereocenters. The van der Waals surface area contributed by atoms with Gasteiger partial charge in [0.1, 0.15) is 23.5 Å². The van der Waals surface area contributed by atoms with Crippen molar-refractivity contribution in [3.8, 4) is 5.75 Å². The van der Waals surface area contributed by atoms with Crippen molar-refractivity contribution >= 4 is 5.96 Å². The van der Waals surface area contributed by atoms with E-state index >= 15 is 0 Å². The van der Waals surface area contributed by atoms with Crippen LogP contribution in [0, 0.1) is 0 Å². The van der Waals surface area contributed by atoms with Crippen LogP contribution < -0.4 is 15.4 Å². The second kappa shape index (κ2) is 9.76. The average molecular weight is 397 g/mol. The number of hydrogen-bond acceptors (Lipinski definition) is 4. The molecular formula is C22H32N6O. The quantitative estimate of drug-likeness (QED) is 0.427. The minimum Gasteiger partial charge on any atom is -0.488 e. The number of rotatable bonds is 7. The van der Waals surface area contributed by atoms with Crippen LogP contribution in [0.5, 0.6) is 5.75 Å². The van der Waals surface area contributed by atoms with Crippen molar-refractivity contribution in [2.75, 3.05) is 19.6 Å². The molecule has 0 saturated carbocycles. The summed E-state index contributed by atoms with van der Waals surface area (Å²) in [6.07, 6.45) is 7.83. The Bertz CT molecular complexity index is 805. The molecule has 0 saturated heterocycles. The number of aromatic nitrogens is 3. The van der Waals surface area contributed by atoms with Gasteiger partial charge in [0, 0.05) is 38.9 Å². The van der Waals surface area contributed by atoms with Crippen LogP contribution >= 0.6 is 0 Å². The van der Waals surface area contributed by atoms with Gasteiger partial charge in [-0.15, -0.1) is 10.2 Å². The smallest absolute Gasteiger partial charge is 0.191 e. The zero-order valence-electron chi connectivity index (χ0n) is 17.4. The lowest BCUT2D eigenvalue weighted by atomic mass is 10.1. The second-order valence-corrected chi connectivity index (χ2v) is 7.80. The van der Waals surface area contributed by atoms with Gasteiger partial charge in [-0.05, 0) is 37.8 Å². The van der Waals surface area contributed by atoms with Crippen LogP contribution in [-0.2, 0) is 25.8 Å². The number of guanidine groups is 1. The number of para-hydroxylation sites is 1. The summed E-state index contributed by atoms with van der Waals surface area (Å²) in [5, 5.41) is 15.6. The van der Waals surface area contributed by atoms with E-state index in [4.69, 9.17) is 9.73 Å². The molecule has 1 aromatic heterocycles. The first-order valence-corrected chi connectivity index (χ1v) is 11.0. The standard InChI is InChI=1S/C22H32N6O/c1-2-23-22(25-16-18-15-17-9-5-6-10-19(17)29-18)24-13-8-12-21-27-26-20-11-4-3-7-14-28(20)21/h5-6,9-10,18H,2-4,7-8,11-16H2,1H3,(H2,23,24,25). The highest BCUT2D eigenvalue weighted by atomic mass is 16.5. The first-order chi connectivity index (χ1) is 14.3. The van der Waals surface area contributed by atoms with E-state index in [0.29, 0.717) is 6.54 Å². The van der Waals surface area contributed by atoms with Crippen molar-refractivity contribution in [3.05, 3.63) is 41.5 Å². The van der Waals surface area contributed by atoms with Gasteiger partial charge in [-0.3, -0.25) is 0 Å². The molecule has 7 heteroatoms. The third-order valence-electron chi connectivity index (χ3n) is 5.57. The molecule has 1 aromatic carbocycles. The van der Waals surface area contributed by atoms with Gasteiger partial charge in [0.25, 0.3) is 0 Å². The number of benzene rings is 1. The monoisotopic (exact) mass is 396 g/mol. The molecule has 4 rings (SSSR count). The largest absolute Gasteiger partial charge is 0.488 e. The number of fused-ring (bicyclic) bond motifs is 2. The number of nitrogens with zero attached hydrogens (tertiary/aromatic N) is 4. The zero-order chi connectivity index (χ0) is 19.9. The Morgan fingerprint density at radius 1 is 1.21 bits per heavy atom. The van der Waals surface area contributed by atoms with Crippen molar-refractivity contribution < 1.29 is 4.74 Å². The van der Waals surface area contributed by atoms with Crippen molar-refractivity contribution in [1.82, 2.24) is 25.4 Å². The summed E-state index contributed by atoms with van der Waals surface area (Å²) < 4.78 is 8.33. The van der Waals surface area contributed by atoms with Crippen molar-refractivity contribution in [3.63, 3.8) is 0 Å². The van der Waals surface area contributed by atoms with Gasteiger partial charge in [0.05, 0.1) is 6.54 Å². The Morgan fingerprint density at radius 3 is 3.03 bits per heavy atom. The van der Waals surface area contributed by atoms with Gasteiger partial charge >= 0.3 is 0 Å². The molecule has 0 bridgehead atoms. The van der Waals surface area contributed by atoms with Gasteiger partial charge in [-0.2, -0.15) is 0 Å². The van der Waals surface area contributed by atoms with E-state index in [1.807, 2.05) is 12.1 Å². The maximum atomic E-state index is 5.99. The Morgan fingerprint density at radius 2 is 2.14 bits per heavy atom. The lowest BCUT2D eigenvalue weighted by molar-refractivity contribution is 0.241. The number of aryl methyl sites for hydroxylation is 2. The van der Waals surface area contributed by atoms with Crippen molar-refractivity contribution in [2.45, 2.75) is 64.5 Å². The zero-order valence-corrected chi connectivity index (χ0v) is 17.4. The van der Waals surface area contributed by atoms with Crippen LogP contribution in [0.15, 0.2) is 29.3 Å². The molecule has 1 unspecified atom stereocenters. The Kier molecular flexibility index (Phi) is 6.64. The van der Waals surface area contributed by atoms with Crippen LogP contribution in [0.3, 0.4) is 0 Å². The molecule has 0 aliphatic carbocycles. The molecule has 156 valence electrons. The SMILES string of the molecule is CCNC(=NCC1Cc2ccccc2O1)NCCCc1nnc2n1CCCCC2. The van der Waals surface area contributed by atoms with E-state index in [-0.39, 0.29) is 6.10 Å². The summed E-state index contributed by atoms with van der Waals surface area (Å²) in [4.78, 5) is 4.73. The van der Waals surface area contributed by atoms with Crippen LogP contribution in [0.2, 0.25) is 0 Å². The van der Waals surface area contributed by atoms with Gasteiger partial charge in [0.2, 0.25) is 0 Å².